The SMILES string of the molecule is C[C@@]1(c2cc(CC(=O)c3ccc(C#N)cn3)ccc2F)CCOC(N)=N1. The van der Waals surface area contributed by atoms with E-state index < -0.39 is 11.4 Å². The number of aliphatic imine (C=N–C) groups is 1. The molecule has 0 radical (unpaired) electrons. The third-order valence-electron chi connectivity index (χ3n) is 4.35. The molecule has 0 saturated carbocycles. The smallest absolute Gasteiger partial charge is 0.282 e. The maximum atomic E-state index is 14.4. The van der Waals surface area contributed by atoms with Gasteiger partial charge in [-0.05, 0) is 36.8 Å². The molecule has 2 heterocycles. The lowest BCUT2D eigenvalue weighted by Crippen LogP contribution is -2.34. The summed E-state index contributed by atoms with van der Waals surface area (Å²) in [4.78, 5) is 20.7. The number of carbonyl (C=O) groups excluding carboxylic acids is 1. The van der Waals surface area contributed by atoms with Crippen molar-refractivity contribution in [1.29, 1.82) is 5.26 Å². The van der Waals surface area contributed by atoms with Gasteiger partial charge in [-0.3, -0.25) is 9.78 Å². The van der Waals surface area contributed by atoms with Crippen molar-refractivity contribution in [3.8, 4) is 6.07 Å². The number of carbonyl (C=O) groups is 1. The fourth-order valence-corrected chi connectivity index (χ4v) is 2.88. The molecule has 3 rings (SSSR count). The Labute approximate surface area is 150 Å². The number of pyridine rings is 1. The summed E-state index contributed by atoms with van der Waals surface area (Å²) in [5.74, 6) is -0.620. The molecular formula is C19H17FN4O2. The maximum absolute atomic E-state index is 14.4. The number of Topliss-reactive ketones (excluding diaryl/α,β-unsaturated/α-hetero) is 1. The van der Waals surface area contributed by atoms with E-state index in [9.17, 15) is 9.18 Å². The van der Waals surface area contributed by atoms with Crippen molar-refractivity contribution in [3.05, 3.63) is 64.7 Å². The molecule has 0 saturated heterocycles. The highest BCUT2D eigenvalue weighted by atomic mass is 19.1. The lowest BCUT2D eigenvalue weighted by atomic mass is 9.87. The summed E-state index contributed by atoms with van der Waals surface area (Å²) < 4.78 is 19.5. The summed E-state index contributed by atoms with van der Waals surface area (Å²) in [5, 5.41) is 8.79. The van der Waals surface area contributed by atoms with Crippen LogP contribution in [-0.4, -0.2) is 23.4 Å². The highest BCUT2D eigenvalue weighted by Gasteiger charge is 2.33. The van der Waals surface area contributed by atoms with E-state index in [4.69, 9.17) is 15.7 Å². The van der Waals surface area contributed by atoms with Crippen LogP contribution in [0.4, 0.5) is 4.39 Å². The third-order valence-corrected chi connectivity index (χ3v) is 4.35. The zero-order valence-corrected chi connectivity index (χ0v) is 14.2. The van der Waals surface area contributed by atoms with Gasteiger partial charge in [-0.1, -0.05) is 6.07 Å². The number of aromatic nitrogens is 1. The first kappa shape index (κ1) is 17.5. The Morgan fingerprint density at radius 3 is 2.88 bits per heavy atom. The number of hydrogen-bond acceptors (Lipinski definition) is 6. The summed E-state index contributed by atoms with van der Waals surface area (Å²) in [6.07, 6.45) is 1.90. The van der Waals surface area contributed by atoms with Crippen LogP contribution < -0.4 is 5.73 Å². The van der Waals surface area contributed by atoms with Crippen molar-refractivity contribution in [3.63, 3.8) is 0 Å². The largest absolute Gasteiger partial charge is 0.465 e. The van der Waals surface area contributed by atoms with Crippen LogP contribution >= 0.6 is 0 Å². The quantitative estimate of drug-likeness (QED) is 0.852. The fraction of sp³-hybridized carbons (Fsp3) is 0.263. The molecule has 0 aliphatic carbocycles. The predicted octanol–water partition coefficient (Wildman–Crippen LogP) is 2.47. The van der Waals surface area contributed by atoms with Gasteiger partial charge in [0.1, 0.15) is 17.6 Å². The zero-order chi connectivity index (χ0) is 18.7. The van der Waals surface area contributed by atoms with Crippen LogP contribution in [0.2, 0.25) is 0 Å². The molecule has 26 heavy (non-hydrogen) atoms. The molecule has 1 aromatic carbocycles. The van der Waals surface area contributed by atoms with Gasteiger partial charge in [0.2, 0.25) is 0 Å². The third kappa shape index (κ3) is 3.54. The second-order valence-corrected chi connectivity index (χ2v) is 6.28. The number of ether oxygens (including phenoxy) is 1. The molecular weight excluding hydrogens is 335 g/mol. The average molecular weight is 352 g/mol. The van der Waals surface area contributed by atoms with E-state index in [1.54, 1.807) is 19.1 Å². The van der Waals surface area contributed by atoms with Crippen LogP contribution in [0.5, 0.6) is 0 Å². The number of hydrogen-bond donors (Lipinski definition) is 1. The highest BCUT2D eigenvalue weighted by Crippen LogP contribution is 2.34. The Balaban J connectivity index is 1.86. The van der Waals surface area contributed by atoms with Crippen molar-refractivity contribution >= 4 is 11.8 Å². The number of amidine groups is 1. The number of halogens is 1. The Kier molecular flexibility index (Phi) is 4.67. The maximum Gasteiger partial charge on any atom is 0.282 e. The van der Waals surface area contributed by atoms with Crippen LogP contribution in [0.15, 0.2) is 41.5 Å². The second-order valence-electron chi connectivity index (χ2n) is 6.28. The Morgan fingerprint density at radius 1 is 1.42 bits per heavy atom. The van der Waals surface area contributed by atoms with Crippen molar-refractivity contribution < 1.29 is 13.9 Å². The van der Waals surface area contributed by atoms with E-state index in [2.05, 4.69) is 9.98 Å². The molecule has 0 spiro atoms. The van der Waals surface area contributed by atoms with Crippen molar-refractivity contribution in [1.82, 2.24) is 4.98 Å². The molecule has 7 heteroatoms. The summed E-state index contributed by atoms with van der Waals surface area (Å²) in [6, 6.07) is 9.56. The Morgan fingerprint density at radius 2 is 2.23 bits per heavy atom. The second kappa shape index (κ2) is 6.92. The monoisotopic (exact) mass is 352 g/mol. The number of nitrogens with zero attached hydrogens (tertiary/aromatic N) is 3. The molecule has 132 valence electrons. The van der Waals surface area contributed by atoms with Gasteiger partial charge in [0, 0.05) is 24.6 Å². The number of nitriles is 1. The van der Waals surface area contributed by atoms with Gasteiger partial charge in [-0.15, -0.1) is 0 Å². The topological polar surface area (TPSA) is 101 Å². The molecule has 0 bridgehead atoms. The minimum absolute atomic E-state index is 0.0291. The normalized spacial score (nSPS) is 19.2. The Hall–Kier alpha value is -3.27. The summed E-state index contributed by atoms with van der Waals surface area (Å²) in [7, 11) is 0. The van der Waals surface area contributed by atoms with Gasteiger partial charge in [0.05, 0.1) is 17.7 Å². The molecule has 1 aliphatic heterocycles. The molecule has 0 amide bonds. The van der Waals surface area contributed by atoms with E-state index in [1.165, 1.54) is 24.4 Å². The van der Waals surface area contributed by atoms with Crippen LogP contribution in [0.1, 0.15) is 40.5 Å². The molecule has 1 atom stereocenters. The average Bonchev–Trinajstić information content (AvgIpc) is 2.63. The van der Waals surface area contributed by atoms with E-state index in [0.29, 0.717) is 29.7 Å². The molecule has 1 aliphatic rings. The van der Waals surface area contributed by atoms with Crippen molar-refractivity contribution in [2.24, 2.45) is 10.7 Å². The Bertz CT molecular complexity index is 918. The summed E-state index contributed by atoms with van der Waals surface area (Å²) >= 11 is 0. The molecule has 0 unspecified atom stereocenters. The van der Waals surface area contributed by atoms with Crippen molar-refractivity contribution in [2.45, 2.75) is 25.3 Å². The van der Waals surface area contributed by atoms with E-state index >= 15 is 0 Å². The van der Waals surface area contributed by atoms with Gasteiger partial charge in [-0.2, -0.15) is 5.26 Å². The van der Waals surface area contributed by atoms with Crippen molar-refractivity contribution in [2.75, 3.05) is 6.61 Å². The number of rotatable bonds is 4. The molecule has 6 nitrogen and oxygen atoms in total. The predicted molar refractivity (Wildman–Crippen MR) is 92.9 cm³/mol. The number of nitrogens with two attached hydrogens (primary N) is 1. The molecule has 1 aromatic heterocycles. The van der Waals surface area contributed by atoms with E-state index in [1.807, 2.05) is 6.07 Å². The van der Waals surface area contributed by atoms with Crippen LogP contribution in [0.3, 0.4) is 0 Å². The fourth-order valence-electron chi connectivity index (χ4n) is 2.88. The first-order valence-corrected chi connectivity index (χ1v) is 8.08. The number of benzene rings is 1. The standard InChI is InChI=1S/C19H17FN4O2/c1-19(6-7-26-18(22)24-19)14-8-12(2-4-15(14)20)9-17(25)16-5-3-13(10-21)11-23-16/h2-5,8,11H,6-7,9H2,1H3,(H2,22,24)/t19-/m0/s1. The first-order chi connectivity index (χ1) is 12.4. The van der Waals surface area contributed by atoms with E-state index in [-0.39, 0.29) is 23.9 Å². The van der Waals surface area contributed by atoms with Gasteiger partial charge in [-0.25, -0.2) is 9.38 Å². The van der Waals surface area contributed by atoms with Gasteiger partial charge in [0.25, 0.3) is 6.02 Å². The lowest BCUT2D eigenvalue weighted by Gasteiger charge is -2.30. The van der Waals surface area contributed by atoms with Crippen LogP contribution in [0.25, 0.3) is 0 Å². The first-order valence-electron chi connectivity index (χ1n) is 8.08. The van der Waals surface area contributed by atoms with Crippen LogP contribution in [-0.2, 0) is 16.7 Å². The zero-order valence-electron chi connectivity index (χ0n) is 14.2. The van der Waals surface area contributed by atoms with Crippen LogP contribution in [0, 0.1) is 17.1 Å². The molecule has 2 aromatic rings. The van der Waals surface area contributed by atoms with Gasteiger partial charge < -0.3 is 10.5 Å². The minimum Gasteiger partial charge on any atom is -0.465 e. The summed E-state index contributed by atoms with van der Waals surface area (Å²) in [5.41, 5.74) is 6.47. The van der Waals surface area contributed by atoms with Gasteiger partial charge >= 0.3 is 0 Å². The van der Waals surface area contributed by atoms with E-state index in [0.717, 1.165) is 0 Å². The lowest BCUT2D eigenvalue weighted by molar-refractivity contribution is 0.0988. The highest BCUT2D eigenvalue weighted by molar-refractivity contribution is 5.95. The number of ketones is 1. The molecule has 0 fully saturated rings. The van der Waals surface area contributed by atoms with Gasteiger partial charge in [0.15, 0.2) is 5.78 Å². The molecule has 2 N–H and O–H groups in total. The minimum atomic E-state index is -0.835. The summed E-state index contributed by atoms with van der Waals surface area (Å²) in [6.45, 7) is 2.14.